The van der Waals surface area contributed by atoms with Gasteiger partial charge in [-0.3, -0.25) is 4.90 Å². The number of ether oxygens (including phenoxy) is 1. The Morgan fingerprint density at radius 2 is 1.78 bits per heavy atom. The van der Waals surface area contributed by atoms with Gasteiger partial charge < -0.3 is 21.9 Å². The van der Waals surface area contributed by atoms with Crippen molar-refractivity contribution in [2.24, 2.45) is 21.5 Å². The van der Waals surface area contributed by atoms with E-state index in [2.05, 4.69) is 9.98 Å². The molecule has 0 spiro atoms. The van der Waals surface area contributed by atoms with E-state index in [9.17, 15) is 0 Å². The zero-order chi connectivity index (χ0) is 18.6. The molecule has 0 saturated heterocycles. The Kier molecular flexibility index (Phi) is 6.52. The molecule has 0 saturated carbocycles. The first-order chi connectivity index (χ1) is 12.5. The molecule has 8 heteroatoms. The number of para-hydroxylation sites is 1. The molecule has 1 unspecified atom stereocenters. The average Bonchev–Trinajstić information content (AvgIpc) is 2.59. The molecule has 1 aliphatic rings. The van der Waals surface area contributed by atoms with Gasteiger partial charge in [-0.05, 0) is 44.0 Å². The van der Waals surface area contributed by atoms with Crippen molar-refractivity contribution in [2.75, 3.05) is 17.2 Å². The topological polar surface area (TPSA) is 115 Å². The number of anilines is 2. The first-order valence-corrected chi connectivity index (χ1v) is 8.51. The van der Waals surface area contributed by atoms with E-state index in [-0.39, 0.29) is 18.4 Å². The molecule has 27 heavy (non-hydrogen) atoms. The SMILES string of the molecule is CC1(CCCOc2cccc(N)c2)N=C(N)N=C(N)N1c1ccccc1.Cl. The lowest BCUT2D eigenvalue weighted by molar-refractivity contribution is 0.286. The third-order valence-corrected chi connectivity index (χ3v) is 4.23. The minimum absolute atomic E-state index is 0. The number of aliphatic imine (C=N–C) groups is 2. The molecule has 0 fully saturated rings. The predicted octanol–water partition coefficient (Wildman–Crippen LogP) is 2.72. The van der Waals surface area contributed by atoms with Crippen molar-refractivity contribution in [1.82, 2.24) is 0 Å². The summed E-state index contributed by atoms with van der Waals surface area (Å²) >= 11 is 0. The number of hydrogen-bond donors (Lipinski definition) is 3. The normalized spacial score (nSPS) is 18.9. The Bertz CT molecular complexity index is 826. The van der Waals surface area contributed by atoms with Gasteiger partial charge in [0.1, 0.15) is 11.4 Å². The molecule has 1 heterocycles. The largest absolute Gasteiger partial charge is 0.494 e. The van der Waals surface area contributed by atoms with Gasteiger partial charge in [-0.25, -0.2) is 4.99 Å². The van der Waals surface area contributed by atoms with E-state index >= 15 is 0 Å². The second kappa shape index (κ2) is 8.64. The van der Waals surface area contributed by atoms with E-state index in [1.807, 2.05) is 60.4 Å². The summed E-state index contributed by atoms with van der Waals surface area (Å²) in [6.45, 7) is 2.53. The fourth-order valence-electron chi connectivity index (χ4n) is 3.09. The number of nitrogens with zero attached hydrogens (tertiary/aromatic N) is 3. The second-order valence-electron chi connectivity index (χ2n) is 6.35. The summed E-state index contributed by atoms with van der Waals surface area (Å²) in [6.07, 6.45) is 1.46. The van der Waals surface area contributed by atoms with Crippen LogP contribution in [-0.4, -0.2) is 24.2 Å². The van der Waals surface area contributed by atoms with E-state index in [1.165, 1.54) is 0 Å². The molecule has 6 N–H and O–H groups in total. The highest BCUT2D eigenvalue weighted by atomic mass is 35.5. The van der Waals surface area contributed by atoms with Crippen LogP contribution in [0.15, 0.2) is 64.6 Å². The fourth-order valence-corrected chi connectivity index (χ4v) is 3.09. The number of hydrogen-bond acceptors (Lipinski definition) is 7. The van der Waals surface area contributed by atoms with Gasteiger partial charge in [0.2, 0.25) is 11.9 Å². The number of benzene rings is 2. The summed E-state index contributed by atoms with van der Waals surface area (Å²) in [5, 5.41) is 0. The quantitative estimate of drug-likeness (QED) is 0.519. The van der Waals surface area contributed by atoms with Crippen LogP contribution in [0.2, 0.25) is 0 Å². The first kappa shape index (κ1) is 20.4. The van der Waals surface area contributed by atoms with Crippen LogP contribution in [0.1, 0.15) is 19.8 Å². The van der Waals surface area contributed by atoms with Crippen LogP contribution in [0, 0.1) is 0 Å². The summed E-state index contributed by atoms with van der Waals surface area (Å²) in [5.41, 5.74) is 18.8. The van der Waals surface area contributed by atoms with Crippen molar-refractivity contribution in [3.05, 3.63) is 54.6 Å². The van der Waals surface area contributed by atoms with Crippen molar-refractivity contribution < 1.29 is 4.74 Å². The Hall–Kier alpha value is -2.93. The number of guanidine groups is 2. The summed E-state index contributed by atoms with van der Waals surface area (Å²) in [5.74, 6) is 1.28. The van der Waals surface area contributed by atoms with E-state index in [0.717, 1.165) is 17.9 Å². The van der Waals surface area contributed by atoms with Gasteiger partial charge in [-0.1, -0.05) is 24.3 Å². The van der Waals surface area contributed by atoms with Crippen LogP contribution < -0.4 is 26.8 Å². The van der Waals surface area contributed by atoms with Crippen molar-refractivity contribution in [3.63, 3.8) is 0 Å². The van der Waals surface area contributed by atoms with Crippen LogP contribution in [-0.2, 0) is 0 Å². The smallest absolute Gasteiger partial charge is 0.220 e. The molecule has 2 aromatic rings. The minimum atomic E-state index is -0.629. The maximum absolute atomic E-state index is 6.16. The fraction of sp³-hybridized carbons (Fsp3) is 0.263. The number of nitrogen functional groups attached to an aromatic ring is 1. The molecule has 1 aliphatic heterocycles. The zero-order valence-corrected chi connectivity index (χ0v) is 16.0. The van der Waals surface area contributed by atoms with Gasteiger partial charge in [-0.15, -0.1) is 12.4 Å². The van der Waals surface area contributed by atoms with Crippen molar-refractivity contribution in [3.8, 4) is 5.75 Å². The van der Waals surface area contributed by atoms with Crippen molar-refractivity contribution in [2.45, 2.75) is 25.4 Å². The molecule has 0 aromatic heterocycles. The molecular weight excluding hydrogens is 364 g/mol. The molecule has 1 atom stereocenters. The number of rotatable bonds is 6. The summed E-state index contributed by atoms with van der Waals surface area (Å²) < 4.78 is 5.78. The summed E-state index contributed by atoms with van der Waals surface area (Å²) in [7, 11) is 0. The maximum Gasteiger partial charge on any atom is 0.220 e. The first-order valence-electron chi connectivity index (χ1n) is 8.51. The molecule has 0 aliphatic carbocycles. The maximum atomic E-state index is 6.16. The van der Waals surface area contributed by atoms with E-state index < -0.39 is 5.66 Å². The third kappa shape index (κ3) is 4.83. The second-order valence-corrected chi connectivity index (χ2v) is 6.35. The van der Waals surface area contributed by atoms with Crippen LogP contribution in [0.3, 0.4) is 0 Å². The summed E-state index contributed by atoms with van der Waals surface area (Å²) in [6, 6.07) is 17.2. The van der Waals surface area contributed by atoms with Gasteiger partial charge >= 0.3 is 0 Å². The standard InChI is InChI=1S/C19H24N6O.ClH/c1-19(11-6-12-26-16-10-5-7-14(20)13-16)24-17(21)23-18(22)25(19)15-8-3-2-4-9-15;/h2-5,7-10,13H,6,11-12,20H2,1H3,(H4,21,22,23,24);1H. The van der Waals surface area contributed by atoms with Crippen molar-refractivity contribution in [1.29, 1.82) is 0 Å². The predicted molar refractivity (Wildman–Crippen MR) is 113 cm³/mol. The number of halogens is 1. The highest BCUT2D eigenvalue weighted by molar-refractivity contribution is 6.05. The number of nitrogens with two attached hydrogens (primary N) is 3. The van der Waals surface area contributed by atoms with Crippen LogP contribution in [0.5, 0.6) is 5.75 Å². The molecule has 0 bridgehead atoms. The van der Waals surface area contributed by atoms with Gasteiger partial charge in [-0.2, -0.15) is 4.99 Å². The Morgan fingerprint density at radius 3 is 2.48 bits per heavy atom. The van der Waals surface area contributed by atoms with Crippen molar-refractivity contribution >= 4 is 35.7 Å². The van der Waals surface area contributed by atoms with E-state index in [0.29, 0.717) is 24.7 Å². The van der Waals surface area contributed by atoms with Gasteiger partial charge in [0.25, 0.3) is 0 Å². The van der Waals surface area contributed by atoms with E-state index in [4.69, 9.17) is 21.9 Å². The molecule has 3 rings (SSSR count). The third-order valence-electron chi connectivity index (χ3n) is 4.23. The van der Waals surface area contributed by atoms with Crippen LogP contribution in [0.4, 0.5) is 11.4 Å². The van der Waals surface area contributed by atoms with Crippen LogP contribution >= 0.6 is 12.4 Å². The lowest BCUT2D eigenvalue weighted by Gasteiger charge is -2.41. The molecule has 7 nitrogen and oxygen atoms in total. The molecule has 0 radical (unpaired) electrons. The molecular formula is C19H25ClN6O. The van der Waals surface area contributed by atoms with E-state index in [1.54, 1.807) is 6.07 Å². The summed E-state index contributed by atoms with van der Waals surface area (Å²) in [4.78, 5) is 10.6. The average molecular weight is 389 g/mol. The van der Waals surface area contributed by atoms with Crippen LogP contribution in [0.25, 0.3) is 0 Å². The molecule has 144 valence electrons. The highest BCUT2D eigenvalue weighted by Gasteiger charge is 2.36. The Balaban J connectivity index is 0.00000261. The van der Waals surface area contributed by atoms with Gasteiger partial charge in [0, 0.05) is 17.4 Å². The lowest BCUT2D eigenvalue weighted by Crippen LogP contribution is -2.56. The minimum Gasteiger partial charge on any atom is -0.494 e. The monoisotopic (exact) mass is 388 g/mol. The van der Waals surface area contributed by atoms with Gasteiger partial charge in [0.15, 0.2) is 0 Å². The Morgan fingerprint density at radius 1 is 1.04 bits per heavy atom. The molecule has 0 amide bonds. The van der Waals surface area contributed by atoms with Gasteiger partial charge in [0.05, 0.1) is 6.61 Å². The lowest BCUT2D eigenvalue weighted by atomic mass is 10.0. The highest BCUT2D eigenvalue weighted by Crippen LogP contribution is 2.31. The molecule has 2 aromatic carbocycles. The zero-order valence-electron chi connectivity index (χ0n) is 15.2. The Labute approximate surface area is 165 Å².